The van der Waals surface area contributed by atoms with Crippen molar-refractivity contribution in [2.45, 2.75) is 24.8 Å². The first kappa shape index (κ1) is 21.1. The van der Waals surface area contributed by atoms with Crippen LogP contribution in [0, 0.1) is 0 Å². The van der Waals surface area contributed by atoms with E-state index in [-0.39, 0.29) is 17.3 Å². The summed E-state index contributed by atoms with van der Waals surface area (Å²) >= 11 is 0. The lowest BCUT2D eigenvalue weighted by Crippen LogP contribution is -2.31. The zero-order chi connectivity index (χ0) is 19.7. The Morgan fingerprint density at radius 2 is 1.85 bits per heavy atom. The maximum Gasteiger partial charge on any atom is 0.251 e. The van der Waals surface area contributed by atoms with Crippen LogP contribution in [0.5, 0.6) is 0 Å². The number of carbonyl (C=O) groups is 1. The lowest BCUT2D eigenvalue weighted by molar-refractivity contribution is 0.0948. The molecule has 6 nitrogen and oxygen atoms in total. The van der Waals surface area contributed by atoms with E-state index >= 15 is 0 Å². The zero-order valence-corrected chi connectivity index (χ0v) is 16.5. The highest BCUT2D eigenvalue weighted by Crippen LogP contribution is 2.19. The predicted octanol–water partition coefficient (Wildman–Crippen LogP) is 2.66. The van der Waals surface area contributed by atoms with E-state index in [1.54, 1.807) is 26.2 Å². The second-order valence-corrected chi connectivity index (χ2v) is 7.98. The molecule has 0 heterocycles. The monoisotopic (exact) mass is 390 g/mol. The Balaban J connectivity index is 2.16. The number of hydrogen-bond acceptors (Lipinski definition) is 4. The maximum absolute atomic E-state index is 13.0. The van der Waals surface area contributed by atoms with Gasteiger partial charge in [0.1, 0.15) is 0 Å². The van der Waals surface area contributed by atoms with Gasteiger partial charge in [-0.25, -0.2) is 8.42 Å². The summed E-state index contributed by atoms with van der Waals surface area (Å²) in [5.41, 5.74) is 1.24. The fourth-order valence-electron chi connectivity index (χ4n) is 2.62. The van der Waals surface area contributed by atoms with Gasteiger partial charge in [-0.15, -0.1) is 0 Å². The van der Waals surface area contributed by atoms with Gasteiger partial charge < -0.3 is 10.1 Å². The molecule has 1 amide bonds. The van der Waals surface area contributed by atoms with Crippen LogP contribution in [0.15, 0.2) is 59.5 Å². The molecule has 0 aliphatic carbocycles. The molecule has 2 aromatic carbocycles. The second kappa shape index (κ2) is 10.2. The van der Waals surface area contributed by atoms with Crippen molar-refractivity contribution in [1.29, 1.82) is 0 Å². The largest absolute Gasteiger partial charge is 0.385 e. The van der Waals surface area contributed by atoms with E-state index in [0.717, 1.165) is 5.56 Å². The number of nitrogens with zero attached hydrogens (tertiary/aromatic N) is 1. The van der Waals surface area contributed by atoms with Crippen LogP contribution in [0.3, 0.4) is 0 Å². The van der Waals surface area contributed by atoms with Crippen molar-refractivity contribution in [2.75, 3.05) is 26.8 Å². The fraction of sp³-hybridized carbons (Fsp3) is 0.350. The van der Waals surface area contributed by atoms with Gasteiger partial charge in [0.05, 0.1) is 4.90 Å². The van der Waals surface area contributed by atoms with Crippen LogP contribution in [0.25, 0.3) is 0 Å². The van der Waals surface area contributed by atoms with Crippen molar-refractivity contribution >= 4 is 15.9 Å². The smallest absolute Gasteiger partial charge is 0.251 e. The van der Waals surface area contributed by atoms with Crippen molar-refractivity contribution in [2.24, 2.45) is 0 Å². The summed E-state index contributed by atoms with van der Waals surface area (Å²) in [5.74, 6) is -0.297. The normalized spacial score (nSPS) is 11.5. The van der Waals surface area contributed by atoms with Crippen LogP contribution in [-0.2, 0) is 21.3 Å². The Labute approximate surface area is 161 Å². The maximum atomic E-state index is 13.0. The van der Waals surface area contributed by atoms with Crippen LogP contribution in [0.2, 0.25) is 0 Å². The Morgan fingerprint density at radius 1 is 1.11 bits per heavy atom. The van der Waals surface area contributed by atoms with Crippen LogP contribution < -0.4 is 5.32 Å². The van der Waals surface area contributed by atoms with Gasteiger partial charge >= 0.3 is 0 Å². The van der Waals surface area contributed by atoms with Gasteiger partial charge in [0.2, 0.25) is 10.0 Å². The number of sulfonamides is 1. The molecule has 2 aromatic rings. The van der Waals surface area contributed by atoms with Gasteiger partial charge in [-0.3, -0.25) is 4.79 Å². The van der Waals surface area contributed by atoms with E-state index in [2.05, 4.69) is 5.32 Å². The number of methoxy groups -OCH3 is 1. The number of carbonyl (C=O) groups excluding carboxylic acids is 1. The molecule has 0 fully saturated rings. The van der Waals surface area contributed by atoms with E-state index in [9.17, 15) is 13.2 Å². The third-order valence-corrected chi connectivity index (χ3v) is 6.02. The molecule has 0 aromatic heterocycles. The zero-order valence-electron chi connectivity index (χ0n) is 15.7. The topological polar surface area (TPSA) is 75.7 Å². The molecule has 0 saturated carbocycles. The van der Waals surface area contributed by atoms with Crippen molar-refractivity contribution in [3.8, 4) is 0 Å². The molecule has 27 heavy (non-hydrogen) atoms. The van der Waals surface area contributed by atoms with Gasteiger partial charge in [-0.2, -0.15) is 4.31 Å². The molecule has 146 valence electrons. The Kier molecular flexibility index (Phi) is 7.97. The first-order chi connectivity index (χ1) is 13.0. The molecule has 0 atom stereocenters. The van der Waals surface area contributed by atoms with Gasteiger partial charge in [0.25, 0.3) is 5.91 Å². The number of amides is 1. The van der Waals surface area contributed by atoms with E-state index in [1.165, 1.54) is 16.4 Å². The lowest BCUT2D eigenvalue weighted by atomic mass is 10.2. The highest BCUT2D eigenvalue weighted by Gasteiger charge is 2.24. The molecular weight excluding hydrogens is 364 g/mol. The average Bonchev–Trinajstić information content (AvgIpc) is 2.70. The summed E-state index contributed by atoms with van der Waals surface area (Å²) in [6.45, 7) is 3.45. The van der Waals surface area contributed by atoms with Gasteiger partial charge in [0.15, 0.2) is 0 Å². The van der Waals surface area contributed by atoms with Crippen molar-refractivity contribution in [3.05, 3.63) is 65.7 Å². The van der Waals surface area contributed by atoms with Crippen LogP contribution in [-0.4, -0.2) is 45.4 Å². The van der Waals surface area contributed by atoms with Crippen LogP contribution in [0.1, 0.15) is 29.3 Å². The van der Waals surface area contributed by atoms with Crippen molar-refractivity contribution < 1.29 is 17.9 Å². The molecule has 0 radical (unpaired) electrons. The number of hydrogen-bond donors (Lipinski definition) is 1. The standard InChI is InChI=1S/C20H26N2O4S/c1-3-22(16-17-9-5-4-6-10-17)27(24,25)19-12-7-11-18(15-19)20(23)21-13-8-14-26-2/h4-7,9-12,15H,3,8,13-14,16H2,1-2H3,(H,21,23). The van der Waals surface area contributed by atoms with Gasteiger partial charge in [-0.05, 0) is 30.2 Å². The summed E-state index contributed by atoms with van der Waals surface area (Å²) in [5, 5.41) is 2.77. The van der Waals surface area contributed by atoms with E-state index in [0.29, 0.717) is 31.7 Å². The highest BCUT2D eigenvalue weighted by atomic mass is 32.2. The summed E-state index contributed by atoms with van der Waals surface area (Å²) < 4.78 is 32.4. The minimum absolute atomic E-state index is 0.116. The number of benzene rings is 2. The van der Waals surface area contributed by atoms with Crippen molar-refractivity contribution in [1.82, 2.24) is 9.62 Å². The molecule has 1 N–H and O–H groups in total. The van der Waals surface area contributed by atoms with E-state index < -0.39 is 10.0 Å². The minimum Gasteiger partial charge on any atom is -0.385 e. The second-order valence-electron chi connectivity index (χ2n) is 6.05. The Morgan fingerprint density at radius 3 is 2.52 bits per heavy atom. The van der Waals surface area contributed by atoms with Gasteiger partial charge in [0, 0.05) is 38.9 Å². The summed E-state index contributed by atoms with van der Waals surface area (Å²) in [4.78, 5) is 12.4. The van der Waals surface area contributed by atoms with E-state index in [4.69, 9.17) is 4.74 Å². The molecule has 2 rings (SSSR count). The summed E-state index contributed by atoms with van der Waals surface area (Å²) in [6, 6.07) is 15.6. The van der Waals surface area contributed by atoms with Crippen molar-refractivity contribution in [3.63, 3.8) is 0 Å². The van der Waals surface area contributed by atoms with Crippen LogP contribution >= 0.6 is 0 Å². The van der Waals surface area contributed by atoms with Crippen LogP contribution in [0.4, 0.5) is 0 Å². The first-order valence-electron chi connectivity index (χ1n) is 8.90. The Bertz CT molecular complexity index is 838. The average molecular weight is 391 g/mol. The highest BCUT2D eigenvalue weighted by molar-refractivity contribution is 7.89. The molecule has 0 bridgehead atoms. The third kappa shape index (κ3) is 5.89. The summed E-state index contributed by atoms with van der Waals surface area (Å²) in [6.07, 6.45) is 0.695. The molecular formula is C20H26N2O4S. The SMILES string of the molecule is CCN(Cc1ccccc1)S(=O)(=O)c1cccc(C(=O)NCCCOC)c1. The van der Waals surface area contributed by atoms with Gasteiger partial charge in [-0.1, -0.05) is 43.3 Å². The minimum atomic E-state index is -3.70. The Hall–Kier alpha value is -2.22. The fourth-order valence-corrected chi connectivity index (χ4v) is 4.10. The number of nitrogens with one attached hydrogen (secondary N) is 1. The summed E-state index contributed by atoms with van der Waals surface area (Å²) in [7, 11) is -2.10. The predicted molar refractivity (Wildman–Crippen MR) is 105 cm³/mol. The third-order valence-electron chi connectivity index (χ3n) is 4.10. The molecule has 0 aliphatic rings. The lowest BCUT2D eigenvalue weighted by Gasteiger charge is -2.21. The molecule has 7 heteroatoms. The molecule has 0 spiro atoms. The molecule has 0 aliphatic heterocycles. The number of rotatable bonds is 10. The quantitative estimate of drug-likeness (QED) is 0.633. The number of ether oxygens (including phenoxy) is 1. The first-order valence-corrected chi connectivity index (χ1v) is 10.3. The van der Waals surface area contributed by atoms with E-state index in [1.807, 2.05) is 30.3 Å². The molecule has 0 saturated heterocycles. The molecule has 0 unspecified atom stereocenters.